The quantitative estimate of drug-likeness (QED) is 0.352. The van der Waals surface area contributed by atoms with Gasteiger partial charge in [0, 0.05) is 18.5 Å². The second kappa shape index (κ2) is 9.99. The lowest BCUT2D eigenvalue weighted by molar-refractivity contribution is -0.139. The van der Waals surface area contributed by atoms with Crippen molar-refractivity contribution in [3.63, 3.8) is 0 Å². The molecule has 1 fully saturated rings. The van der Waals surface area contributed by atoms with Gasteiger partial charge in [-0.05, 0) is 68.8 Å². The predicted molar refractivity (Wildman–Crippen MR) is 111 cm³/mol. The molecule has 2 aliphatic carbocycles. The van der Waals surface area contributed by atoms with E-state index < -0.39 is 0 Å². The molecule has 0 unspecified atom stereocenters. The second-order valence-electron chi connectivity index (χ2n) is 8.57. The molecule has 1 aromatic heterocycles. The molecule has 0 radical (unpaired) electrons. The molecule has 1 heterocycles. The largest absolute Gasteiger partial charge is 0.462 e. The zero-order valence-electron chi connectivity index (χ0n) is 17.7. The van der Waals surface area contributed by atoms with Crippen LogP contribution in [0.3, 0.4) is 0 Å². The smallest absolute Gasteiger partial charge is 0.333 e. The maximum absolute atomic E-state index is 12.5. The van der Waals surface area contributed by atoms with Crippen LogP contribution in [-0.2, 0) is 20.9 Å². The molecule has 2 aliphatic rings. The Bertz CT molecular complexity index is 766. The summed E-state index contributed by atoms with van der Waals surface area (Å²) in [7, 11) is 0. The van der Waals surface area contributed by atoms with Gasteiger partial charge in [0.1, 0.15) is 12.7 Å². The van der Waals surface area contributed by atoms with Gasteiger partial charge in [0.15, 0.2) is 5.78 Å². The van der Waals surface area contributed by atoms with Crippen molar-refractivity contribution >= 4 is 11.8 Å². The third kappa shape index (κ3) is 5.43. The van der Waals surface area contributed by atoms with Crippen molar-refractivity contribution < 1.29 is 14.3 Å². The first kappa shape index (κ1) is 21.5. The fraction of sp³-hybridized carbons (Fsp3) is 0.652. The second-order valence-corrected chi connectivity index (χ2v) is 8.57. The molecule has 6 heteroatoms. The van der Waals surface area contributed by atoms with E-state index in [1.807, 2.05) is 11.6 Å². The normalized spacial score (nSPS) is 24.3. The van der Waals surface area contributed by atoms with Crippen LogP contribution < -0.4 is 0 Å². The topological polar surface area (TPSA) is 74.1 Å². The van der Waals surface area contributed by atoms with Gasteiger partial charge >= 0.3 is 5.97 Å². The number of ether oxygens (including phenoxy) is 1. The van der Waals surface area contributed by atoms with Crippen LogP contribution in [0, 0.1) is 17.8 Å². The predicted octanol–water partition coefficient (Wildman–Crippen LogP) is 4.28. The third-order valence-electron chi connectivity index (χ3n) is 6.61. The van der Waals surface area contributed by atoms with Gasteiger partial charge in [-0.25, -0.2) is 9.78 Å². The van der Waals surface area contributed by atoms with E-state index >= 15 is 0 Å². The number of carbonyl (C=O) groups excluding carboxylic acids is 2. The van der Waals surface area contributed by atoms with Crippen molar-refractivity contribution in [1.82, 2.24) is 14.8 Å². The Kier molecular flexibility index (Phi) is 7.40. The van der Waals surface area contributed by atoms with Gasteiger partial charge in [0.25, 0.3) is 0 Å². The average Bonchev–Trinajstić information content (AvgIpc) is 3.28. The van der Waals surface area contributed by atoms with Crippen molar-refractivity contribution in [3.8, 4) is 0 Å². The number of esters is 1. The summed E-state index contributed by atoms with van der Waals surface area (Å²) in [5.74, 6) is 0.931. The molecule has 0 bridgehead atoms. The number of hydrogen-bond donors (Lipinski definition) is 0. The number of nitrogens with zero attached hydrogens (tertiary/aromatic N) is 3. The number of ketones is 1. The Balaban J connectivity index is 1.39. The summed E-state index contributed by atoms with van der Waals surface area (Å²) >= 11 is 0. The van der Waals surface area contributed by atoms with Crippen LogP contribution in [0.25, 0.3) is 0 Å². The number of rotatable bonds is 9. The summed E-state index contributed by atoms with van der Waals surface area (Å²) in [6.07, 6.45) is 10.7. The summed E-state index contributed by atoms with van der Waals surface area (Å²) in [6.45, 7) is 9.54. The van der Waals surface area contributed by atoms with Gasteiger partial charge in [-0.2, -0.15) is 5.10 Å². The van der Waals surface area contributed by atoms with Crippen molar-refractivity contribution in [2.45, 2.75) is 71.8 Å². The summed E-state index contributed by atoms with van der Waals surface area (Å²) in [6, 6.07) is 0. The number of hydrogen-bond acceptors (Lipinski definition) is 5. The van der Waals surface area contributed by atoms with E-state index in [1.165, 1.54) is 5.57 Å². The maximum Gasteiger partial charge on any atom is 0.333 e. The number of aryl methyl sites for hydroxylation is 1. The molecule has 6 nitrogen and oxygen atoms in total. The summed E-state index contributed by atoms with van der Waals surface area (Å²) in [5, 5.41) is 4.08. The zero-order valence-corrected chi connectivity index (χ0v) is 17.7. The van der Waals surface area contributed by atoms with Crippen molar-refractivity contribution in [2.24, 2.45) is 17.8 Å². The molecule has 0 aliphatic heterocycles. The highest BCUT2D eigenvalue weighted by atomic mass is 16.5. The lowest BCUT2D eigenvalue weighted by Gasteiger charge is -2.19. The third-order valence-corrected chi connectivity index (χ3v) is 6.61. The zero-order chi connectivity index (χ0) is 20.8. The van der Waals surface area contributed by atoms with Crippen molar-refractivity contribution in [2.75, 3.05) is 6.61 Å². The lowest BCUT2D eigenvalue weighted by atomic mass is 9.86. The summed E-state index contributed by atoms with van der Waals surface area (Å²) < 4.78 is 7.32. The fourth-order valence-corrected chi connectivity index (χ4v) is 4.61. The molecular formula is C23H33N3O3. The molecule has 0 N–H and O–H groups in total. The first-order chi connectivity index (χ1) is 14.0. The molecule has 158 valence electrons. The van der Waals surface area contributed by atoms with E-state index in [2.05, 4.69) is 23.6 Å². The van der Waals surface area contributed by atoms with Crippen LogP contribution in [0.1, 0.15) is 65.2 Å². The van der Waals surface area contributed by atoms with E-state index in [0.717, 1.165) is 57.1 Å². The monoisotopic (exact) mass is 399 g/mol. The molecule has 3 atom stereocenters. The lowest BCUT2D eigenvalue weighted by Crippen LogP contribution is -2.16. The van der Waals surface area contributed by atoms with Crippen molar-refractivity contribution in [1.29, 1.82) is 0 Å². The molecule has 1 aromatic rings. The van der Waals surface area contributed by atoms with E-state index in [4.69, 9.17) is 4.74 Å². The Morgan fingerprint density at radius 1 is 1.24 bits per heavy atom. The van der Waals surface area contributed by atoms with Crippen molar-refractivity contribution in [3.05, 3.63) is 36.0 Å². The molecule has 0 saturated heterocycles. The molecule has 0 aromatic carbocycles. The Morgan fingerprint density at radius 3 is 2.79 bits per heavy atom. The maximum atomic E-state index is 12.5. The van der Waals surface area contributed by atoms with Crippen LogP contribution >= 0.6 is 0 Å². The molecule has 3 rings (SSSR count). The van der Waals surface area contributed by atoms with Gasteiger partial charge in [-0.15, -0.1) is 0 Å². The van der Waals surface area contributed by atoms with E-state index in [-0.39, 0.29) is 17.7 Å². The number of allylic oxidation sites excluding steroid dienone is 2. The SMILES string of the molecule is C=C(C(=O)OCCCCCCn1cncn1)[C@@H]1CC[C@H](C)[C@@H]2CC(=O)C(C)=C2C1. The van der Waals surface area contributed by atoms with Gasteiger partial charge in [0.05, 0.1) is 6.61 Å². The van der Waals surface area contributed by atoms with Gasteiger partial charge < -0.3 is 4.74 Å². The van der Waals surface area contributed by atoms with E-state index in [0.29, 0.717) is 30.4 Å². The number of fused-ring (bicyclic) bond motifs is 1. The minimum Gasteiger partial charge on any atom is -0.462 e. The molecule has 1 saturated carbocycles. The highest BCUT2D eigenvalue weighted by Gasteiger charge is 2.38. The first-order valence-corrected chi connectivity index (χ1v) is 10.9. The minimum absolute atomic E-state index is 0.0912. The summed E-state index contributed by atoms with van der Waals surface area (Å²) in [5.41, 5.74) is 2.75. The van der Waals surface area contributed by atoms with Crippen LogP contribution in [-0.4, -0.2) is 33.1 Å². The standard InChI is InChI=1S/C23H33N3O3/c1-16-8-9-19(12-21-18(3)22(27)13-20(16)21)17(2)23(28)29-11-7-5-4-6-10-26-15-24-14-25-26/h14-16,19-20H,2,4-13H2,1,3H3/t16-,19+,20-/m0/s1. The highest BCUT2D eigenvalue weighted by molar-refractivity contribution is 5.98. The average molecular weight is 400 g/mol. The Hall–Kier alpha value is -2.24. The molecule has 29 heavy (non-hydrogen) atoms. The van der Waals surface area contributed by atoms with E-state index in [1.54, 1.807) is 12.7 Å². The van der Waals surface area contributed by atoms with Crippen LogP contribution in [0.15, 0.2) is 36.0 Å². The number of aromatic nitrogens is 3. The van der Waals surface area contributed by atoms with Crippen LogP contribution in [0.4, 0.5) is 0 Å². The van der Waals surface area contributed by atoms with Crippen LogP contribution in [0.5, 0.6) is 0 Å². The van der Waals surface area contributed by atoms with E-state index in [9.17, 15) is 9.59 Å². The number of unbranched alkanes of at least 4 members (excludes halogenated alkanes) is 3. The van der Waals surface area contributed by atoms with Crippen LogP contribution in [0.2, 0.25) is 0 Å². The minimum atomic E-state index is -0.272. The number of carbonyl (C=O) groups is 2. The van der Waals surface area contributed by atoms with Gasteiger partial charge in [-0.1, -0.05) is 25.5 Å². The molecule has 0 spiro atoms. The summed E-state index contributed by atoms with van der Waals surface area (Å²) in [4.78, 5) is 28.6. The molecule has 0 amide bonds. The number of Topliss-reactive ketones (excluding diaryl/α,β-unsaturated/α-hetero) is 1. The molecular weight excluding hydrogens is 366 g/mol. The fourth-order valence-electron chi connectivity index (χ4n) is 4.61. The Morgan fingerprint density at radius 2 is 2.03 bits per heavy atom. The first-order valence-electron chi connectivity index (χ1n) is 10.9. The van der Waals surface area contributed by atoms with Gasteiger partial charge in [-0.3, -0.25) is 9.48 Å². The Labute approximate surface area is 173 Å². The highest BCUT2D eigenvalue weighted by Crippen LogP contribution is 2.45. The van der Waals surface area contributed by atoms with Gasteiger partial charge in [0.2, 0.25) is 0 Å².